The lowest BCUT2D eigenvalue weighted by Gasteiger charge is -2.16. The Morgan fingerprint density at radius 1 is 0.885 bits per heavy atom. The third-order valence-corrected chi connectivity index (χ3v) is 3.75. The third kappa shape index (κ3) is 5.44. The SMILES string of the molecule is CC(C)C[C@H](NC(=O)c1ccc(NC(=O)c2ccccc2)cc1)C(=O)O. The zero-order chi connectivity index (χ0) is 19.1. The van der Waals surface area contributed by atoms with E-state index >= 15 is 0 Å². The van der Waals surface area contributed by atoms with E-state index < -0.39 is 17.9 Å². The highest BCUT2D eigenvalue weighted by Gasteiger charge is 2.21. The molecule has 0 unspecified atom stereocenters. The molecule has 2 aromatic rings. The van der Waals surface area contributed by atoms with Crippen LogP contribution in [0, 0.1) is 5.92 Å². The van der Waals surface area contributed by atoms with Crippen molar-refractivity contribution in [1.29, 1.82) is 0 Å². The number of carbonyl (C=O) groups excluding carboxylic acids is 2. The molecule has 0 aromatic heterocycles. The van der Waals surface area contributed by atoms with Gasteiger partial charge in [0.15, 0.2) is 0 Å². The second-order valence-electron chi connectivity index (χ2n) is 6.39. The van der Waals surface area contributed by atoms with Crippen molar-refractivity contribution in [2.45, 2.75) is 26.3 Å². The van der Waals surface area contributed by atoms with Gasteiger partial charge >= 0.3 is 5.97 Å². The maximum Gasteiger partial charge on any atom is 0.326 e. The number of anilines is 1. The number of carbonyl (C=O) groups is 3. The predicted molar refractivity (Wildman–Crippen MR) is 99.2 cm³/mol. The Labute approximate surface area is 152 Å². The van der Waals surface area contributed by atoms with Crippen molar-refractivity contribution in [2.75, 3.05) is 5.32 Å². The molecule has 0 heterocycles. The number of aliphatic carboxylic acids is 1. The van der Waals surface area contributed by atoms with Crippen LogP contribution in [0.3, 0.4) is 0 Å². The lowest BCUT2D eigenvalue weighted by atomic mass is 10.0. The van der Waals surface area contributed by atoms with Gasteiger partial charge in [-0.15, -0.1) is 0 Å². The van der Waals surface area contributed by atoms with Crippen LogP contribution in [0.1, 0.15) is 41.0 Å². The monoisotopic (exact) mass is 354 g/mol. The van der Waals surface area contributed by atoms with Crippen molar-refractivity contribution < 1.29 is 19.5 Å². The molecule has 0 bridgehead atoms. The van der Waals surface area contributed by atoms with Gasteiger partial charge in [-0.3, -0.25) is 9.59 Å². The molecule has 2 amide bonds. The molecule has 26 heavy (non-hydrogen) atoms. The zero-order valence-electron chi connectivity index (χ0n) is 14.7. The molecule has 6 heteroatoms. The van der Waals surface area contributed by atoms with Crippen molar-refractivity contribution in [1.82, 2.24) is 5.32 Å². The smallest absolute Gasteiger partial charge is 0.326 e. The Hall–Kier alpha value is -3.15. The van der Waals surface area contributed by atoms with Crippen molar-refractivity contribution in [2.24, 2.45) is 5.92 Å². The van der Waals surface area contributed by atoms with Crippen molar-refractivity contribution in [3.05, 3.63) is 65.7 Å². The number of benzene rings is 2. The fourth-order valence-electron chi connectivity index (χ4n) is 2.43. The summed E-state index contributed by atoms with van der Waals surface area (Å²) in [6.45, 7) is 3.79. The fraction of sp³-hybridized carbons (Fsp3) is 0.250. The molecule has 136 valence electrons. The molecule has 1 atom stereocenters. The first-order chi connectivity index (χ1) is 12.4. The summed E-state index contributed by atoms with van der Waals surface area (Å²) >= 11 is 0. The van der Waals surface area contributed by atoms with Crippen LogP contribution >= 0.6 is 0 Å². The van der Waals surface area contributed by atoms with Gasteiger partial charge in [0.1, 0.15) is 6.04 Å². The van der Waals surface area contributed by atoms with Crippen LogP contribution in [0.2, 0.25) is 0 Å². The van der Waals surface area contributed by atoms with E-state index in [1.807, 2.05) is 19.9 Å². The predicted octanol–water partition coefficient (Wildman–Crippen LogP) is 3.17. The molecule has 0 spiro atoms. The number of carboxylic acids is 1. The highest BCUT2D eigenvalue weighted by molar-refractivity contribution is 6.04. The minimum Gasteiger partial charge on any atom is -0.480 e. The van der Waals surface area contributed by atoms with Crippen molar-refractivity contribution in [3.63, 3.8) is 0 Å². The summed E-state index contributed by atoms with van der Waals surface area (Å²) in [5.41, 5.74) is 1.41. The van der Waals surface area contributed by atoms with Gasteiger partial charge in [-0.25, -0.2) is 4.79 Å². The molecule has 2 rings (SSSR count). The Balaban J connectivity index is 2.00. The highest BCUT2D eigenvalue weighted by Crippen LogP contribution is 2.12. The molecule has 0 fully saturated rings. The first-order valence-electron chi connectivity index (χ1n) is 8.37. The molecule has 0 aliphatic heterocycles. The zero-order valence-corrected chi connectivity index (χ0v) is 14.7. The summed E-state index contributed by atoms with van der Waals surface area (Å²) in [7, 11) is 0. The van der Waals surface area contributed by atoms with Gasteiger partial charge in [-0.1, -0.05) is 32.0 Å². The number of hydrogen-bond acceptors (Lipinski definition) is 3. The van der Waals surface area contributed by atoms with E-state index in [4.69, 9.17) is 0 Å². The van der Waals surface area contributed by atoms with Crippen LogP contribution in [0.25, 0.3) is 0 Å². The summed E-state index contributed by atoms with van der Waals surface area (Å²) in [6.07, 6.45) is 0.353. The summed E-state index contributed by atoms with van der Waals surface area (Å²) in [6, 6.07) is 14.2. The van der Waals surface area contributed by atoms with Gasteiger partial charge in [-0.2, -0.15) is 0 Å². The van der Waals surface area contributed by atoms with Crippen LogP contribution < -0.4 is 10.6 Å². The van der Waals surface area contributed by atoms with E-state index in [0.29, 0.717) is 23.2 Å². The van der Waals surface area contributed by atoms with E-state index in [1.165, 1.54) is 0 Å². The Morgan fingerprint density at radius 2 is 1.46 bits per heavy atom. The molecule has 0 aliphatic carbocycles. The lowest BCUT2D eigenvalue weighted by Crippen LogP contribution is -2.41. The largest absolute Gasteiger partial charge is 0.480 e. The van der Waals surface area contributed by atoms with Crippen LogP contribution in [-0.4, -0.2) is 28.9 Å². The molecule has 2 aromatic carbocycles. The first-order valence-corrected chi connectivity index (χ1v) is 8.37. The Bertz CT molecular complexity index is 770. The second kappa shape index (κ2) is 8.80. The topological polar surface area (TPSA) is 95.5 Å². The minimum absolute atomic E-state index is 0.145. The molecule has 6 nitrogen and oxygen atoms in total. The van der Waals surface area contributed by atoms with E-state index in [2.05, 4.69) is 10.6 Å². The van der Waals surface area contributed by atoms with Crippen molar-refractivity contribution in [3.8, 4) is 0 Å². The van der Waals surface area contributed by atoms with Gasteiger partial charge in [0.25, 0.3) is 11.8 Å². The molecule has 3 N–H and O–H groups in total. The van der Waals surface area contributed by atoms with Crippen LogP contribution in [-0.2, 0) is 4.79 Å². The van der Waals surface area contributed by atoms with Gasteiger partial charge in [0, 0.05) is 16.8 Å². The van der Waals surface area contributed by atoms with Gasteiger partial charge in [0.2, 0.25) is 0 Å². The summed E-state index contributed by atoms with van der Waals surface area (Å²) in [5, 5.41) is 14.5. The maximum absolute atomic E-state index is 12.2. The summed E-state index contributed by atoms with van der Waals surface area (Å²) in [4.78, 5) is 35.6. The van der Waals surface area contributed by atoms with Gasteiger partial charge < -0.3 is 15.7 Å². The number of hydrogen-bond donors (Lipinski definition) is 3. The molecule has 0 saturated carbocycles. The molecular formula is C20H22N2O4. The van der Waals surface area contributed by atoms with E-state index in [-0.39, 0.29) is 11.8 Å². The van der Waals surface area contributed by atoms with Crippen molar-refractivity contribution >= 4 is 23.5 Å². The number of carboxylic acid groups (broad SMARTS) is 1. The first kappa shape index (κ1) is 19.2. The minimum atomic E-state index is -1.06. The van der Waals surface area contributed by atoms with Crippen LogP contribution in [0.15, 0.2) is 54.6 Å². The lowest BCUT2D eigenvalue weighted by molar-refractivity contribution is -0.139. The fourth-order valence-corrected chi connectivity index (χ4v) is 2.43. The van der Waals surface area contributed by atoms with E-state index in [9.17, 15) is 19.5 Å². The second-order valence-corrected chi connectivity index (χ2v) is 6.39. The summed E-state index contributed by atoms with van der Waals surface area (Å²) < 4.78 is 0. The maximum atomic E-state index is 12.2. The van der Waals surface area contributed by atoms with Gasteiger partial charge in [0.05, 0.1) is 0 Å². The number of rotatable bonds is 7. The van der Waals surface area contributed by atoms with E-state index in [1.54, 1.807) is 48.5 Å². The molecule has 0 radical (unpaired) electrons. The molecule has 0 saturated heterocycles. The highest BCUT2D eigenvalue weighted by atomic mass is 16.4. The molecular weight excluding hydrogens is 332 g/mol. The standard InChI is InChI=1S/C20H22N2O4/c1-13(2)12-17(20(25)26)22-19(24)15-8-10-16(11-9-15)21-18(23)14-6-4-3-5-7-14/h3-11,13,17H,12H2,1-2H3,(H,21,23)(H,22,24)(H,25,26)/t17-/m0/s1. The quantitative estimate of drug-likeness (QED) is 0.712. The van der Waals surface area contributed by atoms with Crippen LogP contribution in [0.4, 0.5) is 5.69 Å². The molecule has 0 aliphatic rings. The Kier molecular flexibility index (Phi) is 6.49. The van der Waals surface area contributed by atoms with E-state index in [0.717, 1.165) is 0 Å². The van der Waals surface area contributed by atoms with Gasteiger partial charge in [-0.05, 0) is 48.7 Å². The summed E-state index contributed by atoms with van der Waals surface area (Å²) in [5.74, 6) is -1.62. The normalized spacial score (nSPS) is 11.7. The average Bonchev–Trinajstić information content (AvgIpc) is 2.62. The Morgan fingerprint density at radius 3 is 2.00 bits per heavy atom. The average molecular weight is 354 g/mol. The number of nitrogens with one attached hydrogen (secondary N) is 2. The number of amides is 2. The van der Waals surface area contributed by atoms with Crippen LogP contribution in [0.5, 0.6) is 0 Å². The third-order valence-electron chi connectivity index (χ3n) is 3.75.